The quantitative estimate of drug-likeness (QED) is 0.665. The molecule has 0 aliphatic carbocycles. The first kappa shape index (κ1) is 19.7. The lowest BCUT2D eigenvalue weighted by Gasteiger charge is -2.15. The molecule has 0 bridgehead atoms. The van der Waals surface area contributed by atoms with Crippen LogP contribution < -0.4 is 15.6 Å². The van der Waals surface area contributed by atoms with Gasteiger partial charge in [-0.15, -0.1) is 0 Å². The van der Waals surface area contributed by atoms with E-state index < -0.39 is 27.7 Å². The molecule has 0 saturated heterocycles. The molecule has 0 unspecified atom stereocenters. The minimum absolute atomic E-state index is 0.0220. The van der Waals surface area contributed by atoms with E-state index in [0.29, 0.717) is 0 Å². The average Bonchev–Trinajstić information content (AvgIpc) is 2.59. The topological polar surface area (TPSA) is 87.3 Å². The Morgan fingerprint density at radius 3 is 2.23 bits per heavy atom. The first-order valence-corrected chi connectivity index (χ1v) is 8.96. The van der Waals surface area contributed by atoms with Crippen molar-refractivity contribution < 1.29 is 26.4 Å². The Balaban J connectivity index is 2.10. The van der Waals surface area contributed by atoms with E-state index in [2.05, 4.69) is 15.6 Å². The molecule has 0 fully saturated rings. The van der Waals surface area contributed by atoms with Crippen molar-refractivity contribution in [2.75, 3.05) is 12.0 Å². The summed E-state index contributed by atoms with van der Waals surface area (Å²) < 4.78 is 64.7. The Labute approximate surface area is 148 Å². The van der Waals surface area contributed by atoms with Gasteiger partial charge in [-0.1, -0.05) is 19.1 Å². The highest BCUT2D eigenvalue weighted by Crippen LogP contribution is 2.34. The van der Waals surface area contributed by atoms with Gasteiger partial charge < -0.3 is 0 Å². The van der Waals surface area contributed by atoms with Gasteiger partial charge in [-0.3, -0.25) is 15.6 Å². The number of rotatable bonds is 6. The molecule has 0 radical (unpaired) electrons. The highest BCUT2D eigenvalue weighted by Gasteiger charge is 2.33. The Morgan fingerprint density at radius 1 is 1.04 bits per heavy atom. The van der Waals surface area contributed by atoms with Gasteiger partial charge >= 0.3 is 6.18 Å². The predicted octanol–water partition coefficient (Wildman–Crippen LogP) is 2.76. The Morgan fingerprint density at radius 2 is 1.65 bits per heavy atom. The van der Waals surface area contributed by atoms with E-state index in [1.165, 1.54) is 42.5 Å². The molecule has 0 aliphatic rings. The number of hydrogen-bond donors (Lipinski definition) is 3. The van der Waals surface area contributed by atoms with E-state index in [1.807, 2.05) is 0 Å². The lowest BCUT2D eigenvalue weighted by Crippen LogP contribution is -2.30. The first-order valence-electron chi connectivity index (χ1n) is 7.47. The van der Waals surface area contributed by atoms with Crippen molar-refractivity contribution in [3.8, 4) is 0 Å². The molecule has 2 aromatic rings. The lowest BCUT2D eigenvalue weighted by molar-refractivity contribution is -0.137. The number of carbonyl (C=O) groups is 1. The number of alkyl halides is 3. The predicted molar refractivity (Wildman–Crippen MR) is 89.8 cm³/mol. The van der Waals surface area contributed by atoms with Gasteiger partial charge in [-0.05, 0) is 36.4 Å². The van der Waals surface area contributed by atoms with E-state index >= 15 is 0 Å². The second-order valence-corrected chi connectivity index (χ2v) is 6.92. The summed E-state index contributed by atoms with van der Waals surface area (Å²) in [6, 6.07) is 9.68. The SMILES string of the molecule is CCNS(=O)(=O)c1ccc(C(=O)NNc2ccccc2C(F)(F)F)cc1. The average molecular weight is 387 g/mol. The number of amides is 1. The van der Waals surface area contributed by atoms with Gasteiger partial charge in [0, 0.05) is 12.1 Å². The molecule has 3 N–H and O–H groups in total. The van der Waals surface area contributed by atoms with Crippen LogP contribution in [0.15, 0.2) is 53.4 Å². The van der Waals surface area contributed by atoms with E-state index in [-0.39, 0.29) is 22.7 Å². The third-order valence-corrected chi connectivity index (χ3v) is 4.87. The number of sulfonamides is 1. The van der Waals surface area contributed by atoms with Crippen LogP contribution in [0.5, 0.6) is 0 Å². The second kappa shape index (κ2) is 7.75. The number of carbonyl (C=O) groups excluding carboxylic acids is 1. The van der Waals surface area contributed by atoms with E-state index in [1.54, 1.807) is 6.92 Å². The summed E-state index contributed by atoms with van der Waals surface area (Å²) in [5.41, 5.74) is 3.24. The number of nitrogens with one attached hydrogen (secondary N) is 3. The summed E-state index contributed by atoms with van der Waals surface area (Å²) in [6.45, 7) is 1.84. The van der Waals surface area contributed by atoms with Crippen LogP contribution in [0.1, 0.15) is 22.8 Å². The molecule has 0 atom stereocenters. The van der Waals surface area contributed by atoms with Crippen LogP contribution in [-0.4, -0.2) is 20.9 Å². The molecule has 0 saturated carbocycles. The maximum atomic E-state index is 12.9. The van der Waals surface area contributed by atoms with Crippen molar-refractivity contribution in [1.82, 2.24) is 10.1 Å². The molecular formula is C16H16F3N3O3S. The van der Waals surface area contributed by atoms with Crippen LogP contribution >= 0.6 is 0 Å². The highest BCUT2D eigenvalue weighted by molar-refractivity contribution is 7.89. The Kier molecular flexibility index (Phi) is 5.88. The molecule has 10 heteroatoms. The molecule has 0 heterocycles. The van der Waals surface area contributed by atoms with Crippen LogP contribution in [0, 0.1) is 0 Å². The molecule has 2 aromatic carbocycles. The summed E-state index contributed by atoms with van der Waals surface area (Å²) in [7, 11) is -3.65. The summed E-state index contributed by atoms with van der Waals surface area (Å²) in [5, 5.41) is 0. The third kappa shape index (κ3) is 4.73. The van der Waals surface area contributed by atoms with Gasteiger partial charge in [0.1, 0.15) is 0 Å². The second-order valence-electron chi connectivity index (χ2n) is 5.15. The molecule has 2 rings (SSSR count). The van der Waals surface area contributed by atoms with Gasteiger partial charge in [-0.25, -0.2) is 13.1 Å². The van der Waals surface area contributed by atoms with Crippen molar-refractivity contribution in [3.63, 3.8) is 0 Å². The standard InChI is InChI=1S/C16H16F3N3O3S/c1-2-20-26(24,25)12-9-7-11(8-10-12)15(23)22-21-14-6-4-3-5-13(14)16(17,18)19/h3-10,20-21H,2H2,1H3,(H,22,23). The van der Waals surface area contributed by atoms with Crippen molar-refractivity contribution >= 4 is 21.6 Å². The highest BCUT2D eigenvalue weighted by atomic mass is 32.2. The van der Waals surface area contributed by atoms with Gasteiger partial charge in [-0.2, -0.15) is 13.2 Å². The van der Waals surface area contributed by atoms with Crippen molar-refractivity contribution in [3.05, 3.63) is 59.7 Å². The fourth-order valence-corrected chi connectivity index (χ4v) is 3.14. The molecular weight excluding hydrogens is 371 g/mol. The summed E-state index contributed by atoms with van der Waals surface area (Å²) in [5.74, 6) is -0.714. The molecule has 0 aliphatic heterocycles. The van der Waals surface area contributed by atoms with E-state index in [4.69, 9.17) is 0 Å². The summed E-state index contributed by atoms with van der Waals surface area (Å²) in [6.07, 6.45) is -4.57. The fraction of sp³-hybridized carbons (Fsp3) is 0.188. The van der Waals surface area contributed by atoms with Gasteiger partial charge in [0.25, 0.3) is 5.91 Å². The maximum absolute atomic E-state index is 12.9. The fourth-order valence-electron chi connectivity index (χ4n) is 2.09. The monoisotopic (exact) mass is 387 g/mol. The Hall–Kier alpha value is -2.59. The van der Waals surface area contributed by atoms with Crippen LogP contribution in [0.4, 0.5) is 18.9 Å². The molecule has 6 nitrogen and oxygen atoms in total. The molecule has 1 amide bonds. The number of hydrazine groups is 1. The van der Waals surface area contributed by atoms with Crippen LogP contribution in [-0.2, 0) is 16.2 Å². The maximum Gasteiger partial charge on any atom is 0.418 e. The number of halogens is 3. The minimum atomic E-state index is -4.57. The number of para-hydroxylation sites is 1. The summed E-state index contributed by atoms with van der Waals surface area (Å²) >= 11 is 0. The van der Waals surface area contributed by atoms with Crippen LogP contribution in [0.25, 0.3) is 0 Å². The zero-order chi connectivity index (χ0) is 19.4. The largest absolute Gasteiger partial charge is 0.418 e. The van der Waals surface area contributed by atoms with Crippen molar-refractivity contribution in [2.24, 2.45) is 0 Å². The normalized spacial score (nSPS) is 11.8. The van der Waals surface area contributed by atoms with Gasteiger partial charge in [0.2, 0.25) is 10.0 Å². The molecule has 0 aromatic heterocycles. The number of anilines is 1. The zero-order valence-corrected chi connectivity index (χ0v) is 14.4. The van der Waals surface area contributed by atoms with Crippen LogP contribution in [0.3, 0.4) is 0 Å². The number of benzene rings is 2. The first-order chi connectivity index (χ1) is 12.1. The molecule has 0 spiro atoms. The third-order valence-electron chi connectivity index (χ3n) is 3.30. The minimum Gasteiger partial charge on any atom is -0.298 e. The zero-order valence-electron chi connectivity index (χ0n) is 13.6. The van der Waals surface area contributed by atoms with Crippen molar-refractivity contribution in [1.29, 1.82) is 0 Å². The van der Waals surface area contributed by atoms with Gasteiger partial charge in [0.05, 0.1) is 16.1 Å². The lowest BCUT2D eigenvalue weighted by atomic mass is 10.2. The van der Waals surface area contributed by atoms with Gasteiger partial charge in [0.15, 0.2) is 0 Å². The van der Waals surface area contributed by atoms with Crippen molar-refractivity contribution in [2.45, 2.75) is 18.0 Å². The van der Waals surface area contributed by atoms with E-state index in [0.717, 1.165) is 6.07 Å². The smallest absolute Gasteiger partial charge is 0.298 e. The molecule has 140 valence electrons. The number of hydrogen-bond acceptors (Lipinski definition) is 4. The summed E-state index contributed by atoms with van der Waals surface area (Å²) in [4.78, 5) is 12.0. The molecule has 26 heavy (non-hydrogen) atoms. The Bertz CT molecular complexity index is 882. The van der Waals surface area contributed by atoms with Crippen LogP contribution in [0.2, 0.25) is 0 Å². The van der Waals surface area contributed by atoms with E-state index in [9.17, 15) is 26.4 Å².